The van der Waals surface area contributed by atoms with Crippen molar-refractivity contribution in [2.45, 2.75) is 46.6 Å². The second kappa shape index (κ2) is 8.22. The first-order valence-corrected chi connectivity index (χ1v) is 9.48. The molecule has 0 aliphatic carbocycles. The van der Waals surface area contributed by atoms with Crippen molar-refractivity contribution in [2.75, 3.05) is 7.11 Å². The van der Waals surface area contributed by atoms with E-state index in [4.69, 9.17) is 9.72 Å². The predicted molar refractivity (Wildman–Crippen MR) is 109 cm³/mol. The Balaban J connectivity index is 2.14. The van der Waals surface area contributed by atoms with Crippen LogP contribution in [0.1, 0.15) is 37.9 Å². The highest BCUT2D eigenvalue weighted by atomic mass is 16.5. The summed E-state index contributed by atoms with van der Waals surface area (Å²) < 4.78 is 7.64. The van der Waals surface area contributed by atoms with Gasteiger partial charge in [-0.1, -0.05) is 43.2 Å². The number of aromatic nitrogens is 2. The van der Waals surface area contributed by atoms with Crippen molar-refractivity contribution in [3.8, 4) is 28.4 Å². The Morgan fingerprint density at radius 2 is 1.58 bits per heavy atom. The van der Waals surface area contributed by atoms with Gasteiger partial charge in [-0.05, 0) is 51.0 Å². The Morgan fingerprint density at radius 1 is 0.923 bits per heavy atom. The standard InChI is InChI=1S/C23H28N2O/c1-5-7-8-21-22(18-11-9-17(3)10-12-18)25(6-2)23(24-21)19-13-15-20(26-4)16-14-19/h9-16H,5-8H2,1-4H3. The fraction of sp³-hybridized carbons (Fsp3) is 0.348. The molecule has 0 aliphatic heterocycles. The van der Waals surface area contributed by atoms with Gasteiger partial charge in [0, 0.05) is 17.7 Å². The van der Waals surface area contributed by atoms with Crippen LogP contribution in [0.5, 0.6) is 5.75 Å². The minimum absolute atomic E-state index is 0.869. The maximum atomic E-state index is 5.30. The van der Waals surface area contributed by atoms with E-state index in [2.05, 4.69) is 61.7 Å². The summed E-state index contributed by atoms with van der Waals surface area (Å²) in [6.07, 6.45) is 3.34. The molecule has 3 aromatic rings. The second-order valence-corrected chi connectivity index (χ2v) is 6.67. The van der Waals surface area contributed by atoms with E-state index in [0.29, 0.717) is 0 Å². The predicted octanol–water partition coefficient (Wildman–Crippen LogP) is 5.90. The molecular formula is C23H28N2O. The third-order valence-corrected chi connectivity index (χ3v) is 4.80. The Kier molecular flexibility index (Phi) is 5.77. The fourth-order valence-electron chi connectivity index (χ4n) is 3.32. The molecule has 1 aromatic heterocycles. The fourth-order valence-corrected chi connectivity index (χ4v) is 3.32. The summed E-state index contributed by atoms with van der Waals surface area (Å²) in [7, 11) is 1.69. The van der Waals surface area contributed by atoms with Gasteiger partial charge in [-0.2, -0.15) is 0 Å². The molecule has 0 fully saturated rings. The molecule has 0 radical (unpaired) electrons. The van der Waals surface area contributed by atoms with Gasteiger partial charge in [0.05, 0.1) is 18.5 Å². The van der Waals surface area contributed by atoms with E-state index in [-0.39, 0.29) is 0 Å². The molecule has 0 saturated heterocycles. The summed E-state index contributed by atoms with van der Waals surface area (Å²) >= 11 is 0. The molecule has 0 bridgehead atoms. The Morgan fingerprint density at radius 3 is 2.15 bits per heavy atom. The van der Waals surface area contributed by atoms with Gasteiger partial charge in [-0.3, -0.25) is 0 Å². The molecule has 0 saturated carbocycles. The van der Waals surface area contributed by atoms with Gasteiger partial charge in [-0.15, -0.1) is 0 Å². The van der Waals surface area contributed by atoms with Crippen LogP contribution in [0.15, 0.2) is 48.5 Å². The lowest BCUT2D eigenvalue weighted by atomic mass is 10.0. The third-order valence-electron chi connectivity index (χ3n) is 4.80. The van der Waals surface area contributed by atoms with Crippen molar-refractivity contribution < 1.29 is 4.74 Å². The average Bonchev–Trinajstić information content (AvgIpc) is 3.05. The first-order valence-electron chi connectivity index (χ1n) is 9.48. The Hall–Kier alpha value is -2.55. The van der Waals surface area contributed by atoms with Crippen LogP contribution >= 0.6 is 0 Å². The van der Waals surface area contributed by atoms with E-state index in [1.165, 1.54) is 28.9 Å². The molecule has 3 heteroatoms. The van der Waals surface area contributed by atoms with E-state index in [0.717, 1.165) is 36.5 Å². The van der Waals surface area contributed by atoms with Crippen LogP contribution in [0, 0.1) is 6.92 Å². The number of benzene rings is 2. The van der Waals surface area contributed by atoms with Gasteiger partial charge in [0.15, 0.2) is 0 Å². The molecule has 3 nitrogen and oxygen atoms in total. The lowest BCUT2D eigenvalue weighted by Gasteiger charge is -2.11. The number of unbranched alkanes of at least 4 members (excludes halogenated alkanes) is 1. The van der Waals surface area contributed by atoms with E-state index in [1.54, 1.807) is 7.11 Å². The number of imidazole rings is 1. The highest BCUT2D eigenvalue weighted by Gasteiger charge is 2.18. The molecule has 136 valence electrons. The van der Waals surface area contributed by atoms with Gasteiger partial charge >= 0.3 is 0 Å². The van der Waals surface area contributed by atoms with E-state index >= 15 is 0 Å². The molecule has 2 aromatic carbocycles. The van der Waals surface area contributed by atoms with E-state index in [9.17, 15) is 0 Å². The molecule has 26 heavy (non-hydrogen) atoms. The van der Waals surface area contributed by atoms with Crippen LogP contribution in [-0.4, -0.2) is 16.7 Å². The highest BCUT2D eigenvalue weighted by molar-refractivity contribution is 5.69. The quantitative estimate of drug-likeness (QED) is 0.532. The largest absolute Gasteiger partial charge is 0.497 e. The Bertz CT molecular complexity index is 845. The molecule has 0 unspecified atom stereocenters. The SMILES string of the molecule is CCCCc1nc(-c2ccc(OC)cc2)n(CC)c1-c1ccc(C)cc1. The minimum atomic E-state index is 0.869. The Labute approximate surface area is 156 Å². The first kappa shape index (κ1) is 18.2. The van der Waals surface area contributed by atoms with Crippen molar-refractivity contribution in [3.63, 3.8) is 0 Å². The van der Waals surface area contributed by atoms with Crippen LogP contribution < -0.4 is 4.74 Å². The minimum Gasteiger partial charge on any atom is -0.497 e. The lowest BCUT2D eigenvalue weighted by molar-refractivity contribution is 0.415. The van der Waals surface area contributed by atoms with Crippen molar-refractivity contribution in [1.82, 2.24) is 9.55 Å². The number of hydrogen-bond donors (Lipinski definition) is 0. The summed E-state index contributed by atoms with van der Waals surface area (Å²) in [5.41, 5.74) is 6.11. The zero-order valence-electron chi connectivity index (χ0n) is 16.2. The topological polar surface area (TPSA) is 27.1 Å². The number of nitrogens with zero attached hydrogens (tertiary/aromatic N) is 2. The highest BCUT2D eigenvalue weighted by Crippen LogP contribution is 2.32. The summed E-state index contributed by atoms with van der Waals surface area (Å²) in [4.78, 5) is 5.07. The van der Waals surface area contributed by atoms with E-state index < -0.39 is 0 Å². The number of hydrogen-bond acceptors (Lipinski definition) is 2. The molecule has 0 N–H and O–H groups in total. The molecular weight excluding hydrogens is 320 g/mol. The van der Waals surface area contributed by atoms with Crippen LogP contribution in [0.3, 0.4) is 0 Å². The number of rotatable bonds is 7. The van der Waals surface area contributed by atoms with Crippen molar-refractivity contribution in [1.29, 1.82) is 0 Å². The smallest absolute Gasteiger partial charge is 0.140 e. The number of ether oxygens (including phenoxy) is 1. The zero-order chi connectivity index (χ0) is 18.5. The van der Waals surface area contributed by atoms with Gasteiger partial charge in [0.2, 0.25) is 0 Å². The normalized spacial score (nSPS) is 10.9. The van der Waals surface area contributed by atoms with Crippen LogP contribution in [0.4, 0.5) is 0 Å². The summed E-state index contributed by atoms with van der Waals surface area (Å²) in [5.74, 6) is 1.91. The van der Waals surface area contributed by atoms with E-state index in [1.807, 2.05) is 12.1 Å². The number of aryl methyl sites for hydroxylation is 2. The average molecular weight is 348 g/mol. The van der Waals surface area contributed by atoms with Crippen LogP contribution in [0.25, 0.3) is 22.6 Å². The van der Waals surface area contributed by atoms with Crippen molar-refractivity contribution in [3.05, 3.63) is 59.8 Å². The van der Waals surface area contributed by atoms with Crippen LogP contribution in [0.2, 0.25) is 0 Å². The maximum absolute atomic E-state index is 5.30. The first-order chi connectivity index (χ1) is 12.7. The molecule has 1 heterocycles. The van der Waals surface area contributed by atoms with Crippen LogP contribution in [-0.2, 0) is 13.0 Å². The van der Waals surface area contributed by atoms with Gasteiger partial charge in [0.1, 0.15) is 11.6 Å². The second-order valence-electron chi connectivity index (χ2n) is 6.67. The monoisotopic (exact) mass is 348 g/mol. The third kappa shape index (κ3) is 3.67. The summed E-state index contributed by atoms with van der Waals surface area (Å²) in [5, 5.41) is 0. The molecule has 0 spiro atoms. The number of methoxy groups -OCH3 is 1. The maximum Gasteiger partial charge on any atom is 0.140 e. The molecule has 0 aliphatic rings. The van der Waals surface area contributed by atoms with Crippen molar-refractivity contribution in [2.24, 2.45) is 0 Å². The van der Waals surface area contributed by atoms with Crippen molar-refractivity contribution >= 4 is 0 Å². The lowest BCUT2D eigenvalue weighted by Crippen LogP contribution is -2.01. The van der Waals surface area contributed by atoms with Gasteiger partial charge in [-0.25, -0.2) is 4.98 Å². The molecule has 0 atom stereocenters. The van der Waals surface area contributed by atoms with Gasteiger partial charge < -0.3 is 9.30 Å². The molecule has 0 amide bonds. The molecule has 3 rings (SSSR count). The van der Waals surface area contributed by atoms with Gasteiger partial charge in [0.25, 0.3) is 0 Å². The zero-order valence-corrected chi connectivity index (χ0v) is 16.2. The summed E-state index contributed by atoms with van der Waals surface area (Å²) in [6, 6.07) is 17.0. The summed E-state index contributed by atoms with van der Waals surface area (Å²) in [6.45, 7) is 7.44.